The maximum atomic E-state index is 13.2. The molecule has 0 fully saturated rings. The Labute approximate surface area is 209 Å². The molecule has 3 aromatic carbocycles. The minimum atomic E-state index is -0.663. The van der Waals surface area contributed by atoms with Gasteiger partial charge in [0.1, 0.15) is 5.92 Å². The zero-order valence-corrected chi connectivity index (χ0v) is 20.2. The van der Waals surface area contributed by atoms with E-state index in [1.54, 1.807) is 30.0 Å². The summed E-state index contributed by atoms with van der Waals surface area (Å²) in [6.45, 7) is 4.28. The number of ether oxygens (including phenoxy) is 1. The number of nitrogens with zero attached hydrogens (tertiary/aromatic N) is 2. The van der Waals surface area contributed by atoms with E-state index in [1.165, 1.54) is 6.92 Å². The number of esters is 1. The van der Waals surface area contributed by atoms with Crippen LogP contribution in [0.2, 0.25) is 0 Å². The van der Waals surface area contributed by atoms with Crippen LogP contribution in [0, 0.1) is 0 Å². The van der Waals surface area contributed by atoms with Crippen LogP contribution in [0.1, 0.15) is 41.3 Å². The first-order chi connectivity index (χ1) is 17.4. The monoisotopic (exact) mass is 484 g/mol. The molecule has 0 radical (unpaired) electrons. The van der Waals surface area contributed by atoms with E-state index in [0.29, 0.717) is 35.7 Å². The van der Waals surface area contributed by atoms with Crippen LogP contribution in [0.25, 0.3) is 0 Å². The van der Waals surface area contributed by atoms with Gasteiger partial charge in [-0.2, -0.15) is 0 Å². The Bertz CT molecular complexity index is 1300. The average Bonchev–Trinajstić information content (AvgIpc) is 3.21. The van der Waals surface area contributed by atoms with Crippen LogP contribution in [0.3, 0.4) is 0 Å². The number of carbonyl (C=O) groups is 3. The smallest absolute Gasteiger partial charge is 0.338 e. The summed E-state index contributed by atoms with van der Waals surface area (Å²) in [5, 5.41) is 2.89. The number of hydrogen-bond donors (Lipinski definition) is 2. The first-order valence-electron chi connectivity index (χ1n) is 11.8. The zero-order chi connectivity index (χ0) is 25.7. The zero-order valence-electron chi connectivity index (χ0n) is 20.2. The number of aliphatic imine (C=N–C) groups is 1. The van der Waals surface area contributed by atoms with E-state index in [0.717, 1.165) is 16.8 Å². The normalized spacial score (nSPS) is 14.7. The van der Waals surface area contributed by atoms with Crippen molar-refractivity contribution in [1.29, 1.82) is 0 Å². The number of fused-ring (bicyclic) bond motifs is 1. The van der Waals surface area contributed by atoms with Gasteiger partial charge in [0, 0.05) is 31.4 Å². The van der Waals surface area contributed by atoms with E-state index in [1.807, 2.05) is 54.6 Å². The van der Waals surface area contributed by atoms with Crippen LogP contribution in [0.5, 0.6) is 0 Å². The summed E-state index contributed by atoms with van der Waals surface area (Å²) >= 11 is 0. The Morgan fingerprint density at radius 2 is 1.75 bits per heavy atom. The van der Waals surface area contributed by atoms with E-state index in [4.69, 9.17) is 15.5 Å². The number of rotatable bonds is 8. The number of benzene rings is 3. The lowest BCUT2D eigenvalue weighted by Gasteiger charge is -2.20. The van der Waals surface area contributed by atoms with E-state index >= 15 is 0 Å². The van der Waals surface area contributed by atoms with E-state index < -0.39 is 11.9 Å². The van der Waals surface area contributed by atoms with Crippen LogP contribution in [-0.4, -0.2) is 43.2 Å². The fourth-order valence-corrected chi connectivity index (χ4v) is 4.22. The average molecular weight is 485 g/mol. The van der Waals surface area contributed by atoms with Gasteiger partial charge in [-0.3, -0.25) is 14.6 Å². The highest BCUT2D eigenvalue weighted by molar-refractivity contribution is 6.24. The summed E-state index contributed by atoms with van der Waals surface area (Å²) in [4.78, 5) is 43.8. The molecule has 1 unspecified atom stereocenters. The van der Waals surface area contributed by atoms with Crippen molar-refractivity contribution in [2.24, 2.45) is 10.7 Å². The number of amides is 2. The number of carbonyl (C=O) groups excluding carboxylic acids is 3. The third-order valence-electron chi connectivity index (χ3n) is 5.88. The molecule has 0 saturated heterocycles. The molecule has 1 aliphatic rings. The molecular weight excluding hydrogens is 456 g/mol. The van der Waals surface area contributed by atoms with Crippen molar-refractivity contribution < 1.29 is 19.1 Å². The van der Waals surface area contributed by atoms with Crippen LogP contribution in [-0.2, 0) is 14.3 Å². The van der Waals surface area contributed by atoms with Gasteiger partial charge < -0.3 is 20.7 Å². The predicted molar refractivity (Wildman–Crippen MR) is 140 cm³/mol. The summed E-state index contributed by atoms with van der Waals surface area (Å²) in [6.07, 6.45) is 0. The number of nitrogens with two attached hydrogens (primary N) is 1. The largest absolute Gasteiger partial charge is 0.462 e. The molecule has 1 aliphatic heterocycles. The van der Waals surface area contributed by atoms with Crippen LogP contribution in [0.15, 0.2) is 77.8 Å². The molecule has 0 saturated carbocycles. The Hall–Kier alpha value is -4.30. The van der Waals surface area contributed by atoms with E-state index in [-0.39, 0.29) is 18.4 Å². The summed E-state index contributed by atoms with van der Waals surface area (Å²) < 4.78 is 5.09. The second-order valence-corrected chi connectivity index (χ2v) is 8.28. The maximum absolute atomic E-state index is 13.2. The minimum Gasteiger partial charge on any atom is -0.462 e. The Kier molecular flexibility index (Phi) is 7.56. The summed E-state index contributed by atoms with van der Waals surface area (Å²) in [5.41, 5.74) is 10.1. The predicted octanol–water partition coefficient (Wildman–Crippen LogP) is 4.03. The van der Waals surface area contributed by atoms with E-state index in [2.05, 4.69) is 5.32 Å². The van der Waals surface area contributed by atoms with Crippen molar-refractivity contribution in [2.75, 3.05) is 29.9 Å². The van der Waals surface area contributed by atoms with Gasteiger partial charge in [-0.1, -0.05) is 36.4 Å². The number of hydrogen-bond acceptors (Lipinski definition) is 6. The first kappa shape index (κ1) is 24.8. The molecule has 3 aromatic rings. The quantitative estimate of drug-likeness (QED) is 0.370. The number of anilines is 2. The SMILES string of the molecule is CCOC(=O)c1ccc2c(c1)NC(=O)C2C(=Nc1ccc(N(CCN)C(C)=O)cc1)c1ccccc1. The fourth-order valence-electron chi connectivity index (χ4n) is 4.22. The summed E-state index contributed by atoms with van der Waals surface area (Å²) in [7, 11) is 0. The lowest BCUT2D eigenvalue weighted by Crippen LogP contribution is -2.33. The Balaban J connectivity index is 1.74. The van der Waals surface area contributed by atoms with Crippen molar-refractivity contribution in [3.63, 3.8) is 0 Å². The molecule has 4 rings (SSSR count). The van der Waals surface area contributed by atoms with E-state index in [9.17, 15) is 14.4 Å². The molecule has 1 atom stereocenters. The van der Waals surface area contributed by atoms with Gasteiger partial charge in [0.25, 0.3) is 0 Å². The second-order valence-electron chi connectivity index (χ2n) is 8.28. The molecule has 0 aliphatic carbocycles. The molecule has 184 valence electrons. The van der Waals surface area contributed by atoms with Gasteiger partial charge in [-0.05, 0) is 54.4 Å². The molecule has 3 N–H and O–H groups in total. The van der Waals surface area contributed by atoms with Gasteiger partial charge in [0.2, 0.25) is 11.8 Å². The molecule has 0 bridgehead atoms. The highest BCUT2D eigenvalue weighted by atomic mass is 16.5. The van der Waals surface area contributed by atoms with Gasteiger partial charge in [0.05, 0.1) is 23.6 Å². The van der Waals surface area contributed by atoms with Crippen molar-refractivity contribution in [1.82, 2.24) is 0 Å². The maximum Gasteiger partial charge on any atom is 0.338 e. The Morgan fingerprint density at radius 3 is 2.39 bits per heavy atom. The van der Waals surface area contributed by atoms with Crippen LogP contribution in [0.4, 0.5) is 17.1 Å². The summed E-state index contributed by atoms with van der Waals surface area (Å²) in [6, 6.07) is 21.8. The van der Waals surface area contributed by atoms with Crippen LogP contribution < -0.4 is 16.0 Å². The van der Waals surface area contributed by atoms with Gasteiger partial charge in [-0.15, -0.1) is 0 Å². The molecular formula is C28H28N4O4. The van der Waals surface area contributed by atoms with Gasteiger partial charge in [-0.25, -0.2) is 4.79 Å². The van der Waals surface area contributed by atoms with Gasteiger partial charge in [0.15, 0.2) is 0 Å². The molecule has 1 heterocycles. The highest BCUT2D eigenvalue weighted by Gasteiger charge is 2.36. The lowest BCUT2D eigenvalue weighted by molar-refractivity contribution is -0.117. The second kappa shape index (κ2) is 11.0. The summed E-state index contributed by atoms with van der Waals surface area (Å²) in [5.74, 6) is -1.42. The standard InChI is InChI=1S/C28H28N4O4/c1-3-36-28(35)20-9-14-23-24(17-20)31-27(34)25(23)26(19-7-5-4-6-8-19)30-21-10-12-22(13-11-21)32(16-15-29)18(2)33/h4-14,17,25H,3,15-16,29H2,1-2H3,(H,31,34). The van der Waals surface area contributed by atoms with Crippen molar-refractivity contribution in [2.45, 2.75) is 19.8 Å². The molecule has 36 heavy (non-hydrogen) atoms. The molecule has 8 nitrogen and oxygen atoms in total. The third-order valence-corrected chi connectivity index (χ3v) is 5.88. The molecule has 0 spiro atoms. The molecule has 8 heteroatoms. The fraction of sp³-hybridized carbons (Fsp3) is 0.214. The highest BCUT2D eigenvalue weighted by Crippen LogP contribution is 2.37. The van der Waals surface area contributed by atoms with Crippen molar-refractivity contribution >= 4 is 40.6 Å². The van der Waals surface area contributed by atoms with Crippen molar-refractivity contribution in [3.05, 3.63) is 89.5 Å². The minimum absolute atomic E-state index is 0.0944. The van der Waals surface area contributed by atoms with Gasteiger partial charge >= 0.3 is 5.97 Å². The Morgan fingerprint density at radius 1 is 1.03 bits per heavy atom. The molecule has 0 aromatic heterocycles. The van der Waals surface area contributed by atoms with Crippen LogP contribution >= 0.6 is 0 Å². The lowest BCUT2D eigenvalue weighted by atomic mass is 9.90. The third kappa shape index (κ3) is 5.18. The number of nitrogens with one attached hydrogen (secondary N) is 1. The first-order valence-corrected chi connectivity index (χ1v) is 11.8. The molecule has 2 amide bonds. The van der Waals surface area contributed by atoms with Crippen molar-refractivity contribution in [3.8, 4) is 0 Å². The topological polar surface area (TPSA) is 114 Å².